The van der Waals surface area contributed by atoms with Gasteiger partial charge in [0.2, 0.25) is 0 Å². The molecule has 4 heteroatoms. The number of fused-ring (bicyclic) bond motifs is 4. The smallest absolute Gasteiger partial charge is 0.318 e. The number of carbonyl (C=O) groups is 1. The molecule has 5 rings (SSSR count). The van der Waals surface area contributed by atoms with Crippen LogP contribution in [0.4, 0.5) is 0 Å². The zero-order chi connectivity index (χ0) is 18.5. The van der Waals surface area contributed by atoms with Crippen LogP contribution in [0, 0.1) is 11.8 Å². The molecule has 0 spiro atoms. The monoisotopic (exact) mass is 363 g/mol. The summed E-state index contributed by atoms with van der Waals surface area (Å²) in [6.07, 6.45) is 3.44. The third-order valence-electron chi connectivity index (χ3n) is 6.58. The fraction of sp³-hybridized carbons (Fsp3) is 0.435. The van der Waals surface area contributed by atoms with E-state index in [1.807, 2.05) is 48.5 Å². The van der Waals surface area contributed by atoms with Crippen molar-refractivity contribution >= 4 is 5.97 Å². The summed E-state index contributed by atoms with van der Waals surface area (Å²) in [4.78, 5) is 15.7. The molecular formula is C23H25NO3. The van der Waals surface area contributed by atoms with Crippen molar-refractivity contribution in [1.29, 1.82) is 0 Å². The summed E-state index contributed by atoms with van der Waals surface area (Å²) in [5.41, 5.74) is 1.79. The van der Waals surface area contributed by atoms with Gasteiger partial charge in [0, 0.05) is 23.1 Å². The lowest BCUT2D eigenvalue weighted by atomic mass is 9.88. The number of benzene rings is 2. The van der Waals surface area contributed by atoms with E-state index in [4.69, 9.17) is 9.47 Å². The number of esters is 1. The van der Waals surface area contributed by atoms with Crippen LogP contribution in [-0.4, -0.2) is 37.1 Å². The second kappa shape index (κ2) is 6.38. The summed E-state index contributed by atoms with van der Waals surface area (Å²) < 4.78 is 12.2. The van der Waals surface area contributed by atoms with E-state index in [2.05, 4.69) is 19.0 Å². The van der Waals surface area contributed by atoms with Gasteiger partial charge in [-0.25, -0.2) is 0 Å². The molecule has 0 saturated heterocycles. The lowest BCUT2D eigenvalue weighted by Crippen LogP contribution is -2.35. The van der Waals surface area contributed by atoms with E-state index in [1.54, 1.807) is 0 Å². The van der Waals surface area contributed by atoms with Gasteiger partial charge >= 0.3 is 5.97 Å². The van der Waals surface area contributed by atoms with Crippen LogP contribution in [0.1, 0.15) is 36.3 Å². The van der Waals surface area contributed by atoms with E-state index in [0.29, 0.717) is 17.9 Å². The van der Waals surface area contributed by atoms with E-state index >= 15 is 0 Å². The molecule has 140 valence electrons. The normalized spacial score (nSPS) is 28.6. The average molecular weight is 363 g/mol. The first-order valence-corrected chi connectivity index (χ1v) is 9.86. The SMILES string of the molecule is CN(C)C1C2CCC1C(OC(=O)C1c3ccccc3Oc3ccccc31)C2. The average Bonchev–Trinajstić information content (AvgIpc) is 3.24. The minimum Gasteiger partial charge on any atom is -0.461 e. The summed E-state index contributed by atoms with van der Waals surface area (Å²) in [6, 6.07) is 16.1. The zero-order valence-corrected chi connectivity index (χ0v) is 15.8. The minimum absolute atomic E-state index is 0.0332. The molecule has 0 amide bonds. The van der Waals surface area contributed by atoms with Crippen LogP contribution < -0.4 is 4.74 Å². The Morgan fingerprint density at radius 2 is 1.63 bits per heavy atom. The van der Waals surface area contributed by atoms with Crippen molar-refractivity contribution < 1.29 is 14.3 Å². The standard InChI is InChI=1S/C23H25NO3/c1-24(2)22-14-11-12-17(22)20(13-14)27-23(25)21-15-7-3-5-9-18(15)26-19-10-6-4-8-16(19)21/h3-10,14,17,20-22H,11-13H2,1-2H3. The molecule has 2 aromatic rings. The highest BCUT2D eigenvalue weighted by Crippen LogP contribution is 2.50. The predicted octanol–water partition coefficient (Wildman–Crippen LogP) is 4.20. The van der Waals surface area contributed by atoms with E-state index < -0.39 is 5.92 Å². The molecule has 2 bridgehead atoms. The van der Waals surface area contributed by atoms with E-state index in [1.165, 1.54) is 6.42 Å². The van der Waals surface area contributed by atoms with Gasteiger partial charge in [-0.05, 0) is 51.4 Å². The first kappa shape index (κ1) is 16.8. The van der Waals surface area contributed by atoms with Crippen LogP contribution in [0.5, 0.6) is 11.5 Å². The van der Waals surface area contributed by atoms with Crippen molar-refractivity contribution in [3.63, 3.8) is 0 Å². The topological polar surface area (TPSA) is 38.8 Å². The molecule has 27 heavy (non-hydrogen) atoms. The maximum absolute atomic E-state index is 13.3. The molecule has 0 radical (unpaired) electrons. The third kappa shape index (κ3) is 2.66. The van der Waals surface area contributed by atoms with Gasteiger partial charge in [0.25, 0.3) is 0 Å². The fourth-order valence-electron chi connectivity index (χ4n) is 5.56. The molecule has 0 N–H and O–H groups in total. The fourth-order valence-corrected chi connectivity index (χ4v) is 5.56. The number of para-hydroxylation sites is 2. The van der Waals surface area contributed by atoms with Gasteiger partial charge in [0.05, 0.1) is 0 Å². The second-order valence-electron chi connectivity index (χ2n) is 8.28. The van der Waals surface area contributed by atoms with E-state index in [9.17, 15) is 4.79 Å². The Kier molecular flexibility index (Phi) is 3.97. The lowest BCUT2D eigenvalue weighted by Gasteiger charge is -2.30. The van der Waals surface area contributed by atoms with Crippen molar-refractivity contribution in [2.75, 3.05) is 14.1 Å². The quantitative estimate of drug-likeness (QED) is 0.767. The molecule has 2 saturated carbocycles. The Labute approximate surface area is 160 Å². The Morgan fingerprint density at radius 3 is 2.22 bits per heavy atom. The van der Waals surface area contributed by atoms with Gasteiger partial charge in [0.1, 0.15) is 23.5 Å². The summed E-state index contributed by atoms with van der Waals surface area (Å²) >= 11 is 0. The summed E-state index contributed by atoms with van der Waals surface area (Å²) in [5, 5.41) is 0. The van der Waals surface area contributed by atoms with Crippen molar-refractivity contribution in [2.45, 2.75) is 37.3 Å². The maximum atomic E-state index is 13.3. The highest BCUT2D eigenvalue weighted by atomic mass is 16.5. The molecule has 3 aliphatic rings. The van der Waals surface area contributed by atoms with E-state index in [-0.39, 0.29) is 12.1 Å². The zero-order valence-electron chi connectivity index (χ0n) is 15.8. The van der Waals surface area contributed by atoms with Crippen molar-refractivity contribution in [2.24, 2.45) is 11.8 Å². The Balaban J connectivity index is 1.44. The molecule has 4 unspecified atom stereocenters. The lowest BCUT2D eigenvalue weighted by molar-refractivity contribution is -0.152. The first-order valence-electron chi connectivity index (χ1n) is 9.86. The number of hydrogen-bond donors (Lipinski definition) is 0. The van der Waals surface area contributed by atoms with Crippen LogP contribution in [0.2, 0.25) is 0 Å². The van der Waals surface area contributed by atoms with Gasteiger partial charge in [-0.3, -0.25) is 4.79 Å². The van der Waals surface area contributed by atoms with Crippen molar-refractivity contribution in [1.82, 2.24) is 4.90 Å². The van der Waals surface area contributed by atoms with Gasteiger partial charge in [-0.1, -0.05) is 36.4 Å². The maximum Gasteiger partial charge on any atom is 0.318 e. The molecule has 2 aromatic carbocycles. The van der Waals surface area contributed by atoms with Gasteiger partial charge in [-0.15, -0.1) is 0 Å². The Morgan fingerprint density at radius 1 is 1.00 bits per heavy atom. The highest BCUT2D eigenvalue weighted by Gasteiger charge is 2.51. The van der Waals surface area contributed by atoms with E-state index in [0.717, 1.165) is 35.5 Å². The molecule has 2 fully saturated rings. The molecule has 2 aliphatic carbocycles. The summed E-state index contributed by atoms with van der Waals surface area (Å²) in [6.45, 7) is 0. The van der Waals surface area contributed by atoms with Gasteiger partial charge in [0.15, 0.2) is 0 Å². The number of rotatable bonds is 3. The van der Waals surface area contributed by atoms with Gasteiger partial charge < -0.3 is 14.4 Å². The third-order valence-corrected chi connectivity index (χ3v) is 6.58. The van der Waals surface area contributed by atoms with Crippen LogP contribution in [-0.2, 0) is 9.53 Å². The van der Waals surface area contributed by atoms with Crippen LogP contribution in [0.15, 0.2) is 48.5 Å². The Bertz CT molecular complexity index is 832. The molecule has 1 aliphatic heterocycles. The molecular weight excluding hydrogens is 338 g/mol. The summed E-state index contributed by atoms with van der Waals surface area (Å²) in [5.74, 6) is 2.04. The highest BCUT2D eigenvalue weighted by molar-refractivity contribution is 5.85. The largest absolute Gasteiger partial charge is 0.461 e. The van der Waals surface area contributed by atoms with Crippen molar-refractivity contribution in [3.8, 4) is 11.5 Å². The van der Waals surface area contributed by atoms with Crippen molar-refractivity contribution in [3.05, 3.63) is 59.7 Å². The first-order chi connectivity index (χ1) is 13.1. The Hall–Kier alpha value is -2.33. The molecule has 0 aromatic heterocycles. The van der Waals surface area contributed by atoms with Gasteiger partial charge in [-0.2, -0.15) is 0 Å². The minimum atomic E-state index is -0.414. The number of nitrogens with zero attached hydrogens (tertiary/aromatic N) is 1. The molecule has 4 atom stereocenters. The van der Waals surface area contributed by atoms with Crippen LogP contribution >= 0.6 is 0 Å². The molecule has 4 nitrogen and oxygen atoms in total. The predicted molar refractivity (Wildman–Crippen MR) is 103 cm³/mol. The summed E-state index contributed by atoms with van der Waals surface area (Å²) in [7, 11) is 4.29. The van der Waals surface area contributed by atoms with Crippen LogP contribution in [0.3, 0.4) is 0 Å². The van der Waals surface area contributed by atoms with Crippen LogP contribution in [0.25, 0.3) is 0 Å². The molecule has 1 heterocycles. The number of hydrogen-bond acceptors (Lipinski definition) is 4. The number of ether oxygens (including phenoxy) is 2. The second-order valence-corrected chi connectivity index (χ2v) is 8.28. The number of carbonyl (C=O) groups excluding carboxylic acids is 1.